The fourth-order valence-electron chi connectivity index (χ4n) is 2.12. The summed E-state index contributed by atoms with van der Waals surface area (Å²) in [6.07, 6.45) is 4.63. The average Bonchev–Trinajstić information content (AvgIpc) is 3.13. The first kappa shape index (κ1) is 17.3. The molecule has 1 heterocycles. The third-order valence-corrected chi connectivity index (χ3v) is 3.94. The van der Waals surface area contributed by atoms with Gasteiger partial charge in [0.2, 0.25) is 0 Å². The summed E-state index contributed by atoms with van der Waals surface area (Å²) in [5, 5.41) is 12.8. The molecule has 0 fully saturated rings. The molecule has 6 nitrogen and oxygen atoms in total. The summed E-state index contributed by atoms with van der Waals surface area (Å²) in [7, 11) is 1.58. The van der Waals surface area contributed by atoms with Crippen molar-refractivity contribution in [2.75, 3.05) is 7.11 Å². The van der Waals surface area contributed by atoms with Crippen LogP contribution in [0.3, 0.4) is 0 Å². The van der Waals surface area contributed by atoms with Crippen LogP contribution in [0.15, 0.2) is 54.2 Å². The van der Waals surface area contributed by atoms with Crippen LogP contribution in [0.1, 0.15) is 11.1 Å². The molecule has 0 bridgehead atoms. The van der Waals surface area contributed by atoms with E-state index in [0.717, 1.165) is 11.1 Å². The molecule has 0 saturated carbocycles. The molecule has 0 saturated heterocycles. The third kappa shape index (κ3) is 4.29. The fourth-order valence-corrected chi connectivity index (χ4v) is 2.59. The summed E-state index contributed by atoms with van der Waals surface area (Å²) >= 11 is 12.1. The van der Waals surface area contributed by atoms with Crippen LogP contribution in [-0.4, -0.2) is 28.2 Å². The Morgan fingerprint density at radius 2 is 1.96 bits per heavy atom. The minimum atomic E-state index is 0.268. The van der Waals surface area contributed by atoms with Crippen LogP contribution in [0, 0.1) is 0 Å². The van der Waals surface area contributed by atoms with E-state index in [2.05, 4.69) is 15.3 Å². The van der Waals surface area contributed by atoms with Crippen molar-refractivity contribution in [3.8, 4) is 11.5 Å². The van der Waals surface area contributed by atoms with Gasteiger partial charge in [0.25, 0.3) is 0 Å². The minimum absolute atomic E-state index is 0.268. The summed E-state index contributed by atoms with van der Waals surface area (Å²) in [4.78, 5) is 0. The highest BCUT2D eigenvalue weighted by atomic mass is 35.5. The van der Waals surface area contributed by atoms with Crippen molar-refractivity contribution >= 4 is 29.4 Å². The van der Waals surface area contributed by atoms with Gasteiger partial charge in [0.1, 0.15) is 19.3 Å². The highest BCUT2D eigenvalue weighted by Gasteiger charge is 2.11. The van der Waals surface area contributed by atoms with Crippen molar-refractivity contribution in [1.29, 1.82) is 0 Å². The maximum Gasteiger partial charge on any atom is 0.170 e. The van der Waals surface area contributed by atoms with E-state index < -0.39 is 0 Å². The predicted octanol–water partition coefficient (Wildman–Crippen LogP) is 4.05. The molecule has 0 N–H and O–H groups in total. The molecule has 0 unspecified atom stereocenters. The lowest BCUT2D eigenvalue weighted by Crippen LogP contribution is -2.02. The Hall–Kier alpha value is -2.57. The summed E-state index contributed by atoms with van der Waals surface area (Å²) < 4.78 is 12.8. The molecule has 3 aromatic rings. The van der Waals surface area contributed by atoms with E-state index in [1.807, 2.05) is 24.3 Å². The maximum absolute atomic E-state index is 6.20. The average molecular weight is 377 g/mol. The van der Waals surface area contributed by atoms with Crippen molar-refractivity contribution in [3.05, 3.63) is 70.2 Å². The van der Waals surface area contributed by atoms with Gasteiger partial charge in [-0.3, -0.25) is 0 Å². The second kappa shape index (κ2) is 8.00. The smallest absolute Gasteiger partial charge is 0.170 e. The first-order valence-electron chi connectivity index (χ1n) is 7.30. The molecular formula is C17H14Cl2N4O2. The van der Waals surface area contributed by atoms with Gasteiger partial charge in [-0.15, -0.1) is 10.2 Å². The number of para-hydroxylation sites is 1. The number of rotatable bonds is 6. The number of nitrogens with zero attached hydrogens (tertiary/aromatic N) is 4. The topological polar surface area (TPSA) is 61.5 Å². The van der Waals surface area contributed by atoms with Gasteiger partial charge in [-0.2, -0.15) is 5.10 Å². The van der Waals surface area contributed by atoms with Crippen LogP contribution >= 0.6 is 23.2 Å². The first-order chi connectivity index (χ1) is 12.2. The Bertz CT molecular complexity index is 882. The van der Waals surface area contributed by atoms with E-state index in [1.54, 1.807) is 25.5 Å². The quantitative estimate of drug-likeness (QED) is 0.608. The van der Waals surface area contributed by atoms with Crippen molar-refractivity contribution in [2.45, 2.75) is 6.61 Å². The third-order valence-electron chi connectivity index (χ3n) is 3.35. The minimum Gasteiger partial charge on any atom is -0.493 e. The number of hydrogen-bond donors (Lipinski definition) is 0. The molecule has 0 aliphatic rings. The normalized spacial score (nSPS) is 11.0. The summed E-state index contributed by atoms with van der Waals surface area (Å²) in [5.74, 6) is 1.16. The summed E-state index contributed by atoms with van der Waals surface area (Å²) in [6.45, 7) is 0.268. The van der Waals surface area contributed by atoms with Crippen molar-refractivity contribution in [2.24, 2.45) is 5.10 Å². The number of methoxy groups -OCH3 is 1. The van der Waals surface area contributed by atoms with Crippen LogP contribution in [0.25, 0.3) is 0 Å². The van der Waals surface area contributed by atoms with Crippen LogP contribution in [0.2, 0.25) is 10.0 Å². The van der Waals surface area contributed by atoms with Gasteiger partial charge >= 0.3 is 0 Å². The van der Waals surface area contributed by atoms with Crippen LogP contribution < -0.4 is 9.47 Å². The van der Waals surface area contributed by atoms with Gasteiger partial charge in [-0.05, 0) is 24.3 Å². The molecule has 2 aromatic carbocycles. The van der Waals surface area contributed by atoms with Gasteiger partial charge in [-0.25, -0.2) is 4.68 Å². The van der Waals surface area contributed by atoms with Crippen molar-refractivity contribution < 1.29 is 9.47 Å². The van der Waals surface area contributed by atoms with Gasteiger partial charge in [0, 0.05) is 21.2 Å². The molecule has 0 aliphatic carbocycles. The number of hydrogen-bond acceptors (Lipinski definition) is 5. The summed E-state index contributed by atoms with van der Waals surface area (Å²) in [5.41, 5.74) is 1.57. The second-order valence-electron chi connectivity index (χ2n) is 4.99. The Balaban J connectivity index is 1.85. The fraction of sp³-hybridized carbons (Fsp3) is 0.118. The van der Waals surface area contributed by atoms with E-state index in [-0.39, 0.29) is 6.61 Å². The van der Waals surface area contributed by atoms with Gasteiger partial charge in [0.15, 0.2) is 11.5 Å². The Labute approximate surface area is 154 Å². The maximum atomic E-state index is 6.20. The highest BCUT2D eigenvalue weighted by molar-refractivity contribution is 6.35. The molecule has 1 aromatic heterocycles. The highest BCUT2D eigenvalue weighted by Crippen LogP contribution is 2.32. The van der Waals surface area contributed by atoms with Gasteiger partial charge in [0.05, 0.1) is 13.3 Å². The lowest BCUT2D eigenvalue weighted by molar-refractivity contribution is 0.284. The number of ether oxygens (including phenoxy) is 2. The molecule has 128 valence electrons. The van der Waals surface area contributed by atoms with Crippen LogP contribution in [0.4, 0.5) is 0 Å². The monoisotopic (exact) mass is 376 g/mol. The van der Waals surface area contributed by atoms with Gasteiger partial charge < -0.3 is 9.47 Å². The first-order valence-corrected chi connectivity index (χ1v) is 8.05. The van der Waals surface area contributed by atoms with Crippen LogP contribution in [-0.2, 0) is 6.61 Å². The molecule has 0 aliphatic heterocycles. The molecular weight excluding hydrogens is 363 g/mol. The van der Waals surface area contributed by atoms with E-state index in [1.165, 1.54) is 17.3 Å². The lowest BCUT2D eigenvalue weighted by Gasteiger charge is -2.14. The van der Waals surface area contributed by atoms with Crippen LogP contribution in [0.5, 0.6) is 11.5 Å². The Kier molecular flexibility index (Phi) is 5.53. The van der Waals surface area contributed by atoms with Crippen molar-refractivity contribution in [3.63, 3.8) is 0 Å². The molecule has 0 amide bonds. The van der Waals surface area contributed by atoms with E-state index in [4.69, 9.17) is 32.7 Å². The second-order valence-corrected chi connectivity index (χ2v) is 5.83. The predicted molar refractivity (Wildman–Crippen MR) is 96.8 cm³/mol. The SMILES string of the molecule is COc1cccc(/C=N/n2cnnc2)c1OCc1ccc(Cl)cc1Cl. The summed E-state index contributed by atoms with van der Waals surface area (Å²) in [6, 6.07) is 10.8. The number of halogens is 2. The Morgan fingerprint density at radius 1 is 1.16 bits per heavy atom. The Morgan fingerprint density at radius 3 is 2.68 bits per heavy atom. The van der Waals surface area contributed by atoms with Crippen molar-refractivity contribution in [1.82, 2.24) is 14.9 Å². The molecule has 0 spiro atoms. The zero-order valence-corrected chi connectivity index (χ0v) is 14.8. The van der Waals surface area contributed by atoms with E-state index >= 15 is 0 Å². The zero-order valence-electron chi connectivity index (χ0n) is 13.3. The van der Waals surface area contributed by atoms with E-state index in [9.17, 15) is 0 Å². The molecule has 25 heavy (non-hydrogen) atoms. The molecule has 3 rings (SSSR count). The standard InChI is InChI=1S/C17H14Cl2N4O2/c1-24-16-4-2-3-12(8-22-23-10-20-21-11-23)17(16)25-9-13-5-6-14(18)7-15(13)19/h2-8,10-11H,9H2,1H3/b22-8+. The molecule has 0 atom stereocenters. The number of aromatic nitrogens is 3. The molecule has 0 radical (unpaired) electrons. The zero-order chi connectivity index (χ0) is 17.6. The molecule has 8 heteroatoms. The largest absolute Gasteiger partial charge is 0.493 e. The lowest BCUT2D eigenvalue weighted by atomic mass is 10.2. The van der Waals surface area contributed by atoms with E-state index in [0.29, 0.717) is 21.5 Å². The number of benzene rings is 2. The van der Waals surface area contributed by atoms with Gasteiger partial charge in [-0.1, -0.05) is 35.3 Å².